The number of aliphatic imine (C=N–C) groups is 1. The van der Waals surface area contributed by atoms with Gasteiger partial charge in [0.25, 0.3) is 5.91 Å². The molecule has 0 radical (unpaired) electrons. The number of guanidine groups is 1. The van der Waals surface area contributed by atoms with Crippen LogP contribution in [0.5, 0.6) is 0 Å². The molecule has 0 spiro atoms. The Kier molecular flexibility index (Phi) is 5.58. The summed E-state index contributed by atoms with van der Waals surface area (Å²) in [6.45, 7) is 1.61. The standard InChI is InChI=1S/C17H15F5N6OS/c1-16(7-30-28(2)15(23)27-16)13-9(18)3-4-11(25-13)26-14(29)12-10(19)5-8(6-24-12)17(20,21)22/h3-6H,7H2,1-2H3,(H2,23,27)(H,25,26,29)/t16-/m0/s1. The smallest absolute Gasteiger partial charge is 0.369 e. The zero-order chi connectivity index (χ0) is 22.3. The van der Waals surface area contributed by atoms with E-state index in [4.69, 9.17) is 5.73 Å². The van der Waals surface area contributed by atoms with Crippen molar-refractivity contribution in [2.24, 2.45) is 10.7 Å². The molecular formula is C17H15F5N6OS. The van der Waals surface area contributed by atoms with Gasteiger partial charge in [0, 0.05) is 19.0 Å². The second-order valence-corrected chi connectivity index (χ2v) is 7.64. The van der Waals surface area contributed by atoms with E-state index in [0.717, 1.165) is 12.1 Å². The van der Waals surface area contributed by atoms with E-state index in [-0.39, 0.29) is 23.5 Å². The van der Waals surface area contributed by atoms with Crippen molar-refractivity contribution in [3.63, 3.8) is 0 Å². The number of carbonyl (C=O) groups is 1. The highest BCUT2D eigenvalue weighted by Crippen LogP contribution is 2.35. The molecule has 3 N–H and O–H groups in total. The van der Waals surface area contributed by atoms with Crippen molar-refractivity contribution in [3.05, 3.63) is 53.0 Å². The number of alkyl halides is 3. The van der Waals surface area contributed by atoms with Crippen molar-refractivity contribution in [2.45, 2.75) is 18.6 Å². The lowest BCUT2D eigenvalue weighted by molar-refractivity contribution is -0.138. The maximum atomic E-state index is 14.4. The lowest BCUT2D eigenvalue weighted by atomic mass is 10.00. The highest BCUT2D eigenvalue weighted by Gasteiger charge is 2.36. The SMILES string of the molecule is CN1SC[C@@](C)(c2nc(NC(=O)c3ncc(C(F)(F)F)cc3F)ccc2F)N=C1N. The minimum absolute atomic E-state index is 0.107. The molecule has 13 heteroatoms. The summed E-state index contributed by atoms with van der Waals surface area (Å²) in [5.74, 6) is -2.99. The third-order valence-corrected chi connectivity index (χ3v) is 5.47. The third-order valence-electron chi connectivity index (χ3n) is 4.20. The van der Waals surface area contributed by atoms with Crippen LogP contribution in [0.25, 0.3) is 0 Å². The molecule has 0 saturated heterocycles. The summed E-state index contributed by atoms with van der Waals surface area (Å²) >= 11 is 1.29. The lowest BCUT2D eigenvalue weighted by Gasteiger charge is -2.33. The largest absolute Gasteiger partial charge is 0.417 e. The van der Waals surface area contributed by atoms with E-state index >= 15 is 0 Å². The highest BCUT2D eigenvalue weighted by molar-refractivity contribution is 7.97. The normalized spacial score (nSPS) is 19.4. The Balaban J connectivity index is 1.88. The van der Waals surface area contributed by atoms with E-state index in [0.29, 0.717) is 11.9 Å². The summed E-state index contributed by atoms with van der Waals surface area (Å²) in [6, 6.07) is 2.32. The third kappa shape index (κ3) is 4.30. The van der Waals surface area contributed by atoms with Crippen LogP contribution in [0.4, 0.5) is 27.8 Å². The van der Waals surface area contributed by atoms with Crippen LogP contribution in [-0.2, 0) is 11.7 Å². The quantitative estimate of drug-likeness (QED) is 0.556. The predicted molar refractivity (Wildman–Crippen MR) is 101 cm³/mol. The summed E-state index contributed by atoms with van der Waals surface area (Å²) in [6.07, 6.45) is -4.46. The Morgan fingerprint density at radius 1 is 1.30 bits per heavy atom. The fourth-order valence-corrected chi connectivity index (χ4v) is 3.41. The average molecular weight is 446 g/mol. The van der Waals surface area contributed by atoms with Crippen molar-refractivity contribution >= 4 is 29.6 Å². The topological polar surface area (TPSA) is 96.5 Å². The predicted octanol–water partition coefficient (Wildman–Crippen LogP) is 3.15. The molecule has 0 saturated carbocycles. The van der Waals surface area contributed by atoms with Gasteiger partial charge >= 0.3 is 6.18 Å². The molecule has 1 aliphatic heterocycles. The van der Waals surface area contributed by atoms with Crippen LogP contribution in [0.3, 0.4) is 0 Å². The van der Waals surface area contributed by atoms with E-state index in [1.165, 1.54) is 11.9 Å². The number of pyridine rings is 2. The fourth-order valence-electron chi connectivity index (χ4n) is 2.59. The monoisotopic (exact) mass is 446 g/mol. The molecule has 1 aliphatic rings. The maximum absolute atomic E-state index is 14.4. The Morgan fingerprint density at radius 2 is 2.00 bits per heavy atom. The first-order valence-corrected chi connectivity index (χ1v) is 9.28. The number of nitrogens with zero attached hydrogens (tertiary/aromatic N) is 4. The van der Waals surface area contributed by atoms with Crippen LogP contribution < -0.4 is 11.1 Å². The number of hydrogen-bond donors (Lipinski definition) is 2. The summed E-state index contributed by atoms with van der Waals surface area (Å²) in [7, 11) is 1.69. The van der Waals surface area contributed by atoms with Crippen LogP contribution >= 0.6 is 11.9 Å². The molecule has 30 heavy (non-hydrogen) atoms. The van der Waals surface area contributed by atoms with Gasteiger partial charge in [-0.1, -0.05) is 0 Å². The molecule has 160 valence electrons. The van der Waals surface area contributed by atoms with Crippen LogP contribution in [-0.4, -0.2) is 38.9 Å². The number of hydrogen-bond acceptors (Lipinski definition) is 7. The van der Waals surface area contributed by atoms with Gasteiger partial charge in [0.2, 0.25) is 5.96 Å². The van der Waals surface area contributed by atoms with Gasteiger partial charge in [-0.25, -0.2) is 23.7 Å². The molecule has 2 aromatic heterocycles. The van der Waals surface area contributed by atoms with Crippen LogP contribution in [0, 0.1) is 11.6 Å². The maximum Gasteiger partial charge on any atom is 0.417 e. The Labute approximate surface area is 171 Å². The van der Waals surface area contributed by atoms with Gasteiger partial charge in [0.05, 0.1) is 5.56 Å². The molecule has 0 unspecified atom stereocenters. The molecule has 3 rings (SSSR count). The Morgan fingerprint density at radius 3 is 2.60 bits per heavy atom. The molecule has 1 amide bonds. The molecular weight excluding hydrogens is 431 g/mol. The van der Waals surface area contributed by atoms with Crippen LogP contribution in [0.15, 0.2) is 29.4 Å². The first-order chi connectivity index (χ1) is 13.9. The molecule has 0 fully saturated rings. The summed E-state index contributed by atoms with van der Waals surface area (Å²) in [5, 5.41) is 2.20. The average Bonchev–Trinajstić information content (AvgIpc) is 2.65. The molecule has 0 bridgehead atoms. The number of carbonyl (C=O) groups excluding carboxylic acids is 1. The molecule has 0 aromatic carbocycles. The molecule has 7 nitrogen and oxygen atoms in total. The van der Waals surface area contributed by atoms with Gasteiger partial charge in [-0.2, -0.15) is 13.2 Å². The lowest BCUT2D eigenvalue weighted by Crippen LogP contribution is -2.41. The van der Waals surface area contributed by atoms with Crippen molar-refractivity contribution in [2.75, 3.05) is 18.1 Å². The first kappa shape index (κ1) is 21.7. The Bertz CT molecular complexity index is 1030. The number of rotatable bonds is 3. The zero-order valence-corrected chi connectivity index (χ0v) is 16.4. The van der Waals surface area contributed by atoms with E-state index in [1.807, 2.05) is 0 Å². The van der Waals surface area contributed by atoms with Crippen LogP contribution in [0.1, 0.15) is 28.7 Å². The van der Waals surface area contributed by atoms with Crippen LogP contribution in [0.2, 0.25) is 0 Å². The van der Waals surface area contributed by atoms with E-state index < -0.39 is 40.5 Å². The van der Waals surface area contributed by atoms with Crippen molar-refractivity contribution < 1.29 is 26.7 Å². The van der Waals surface area contributed by atoms with Crippen molar-refractivity contribution in [1.29, 1.82) is 0 Å². The zero-order valence-electron chi connectivity index (χ0n) is 15.6. The molecule has 3 heterocycles. The van der Waals surface area contributed by atoms with Gasteiger partial charge in [0.1, 0.15) is 22.9 Å². The van der Waals surface area contributed by atoms with E-state index in [1.54, 1.807) is 18.3 Å². The highest BCUT2D eigenvalue weighted by atomic mass is 32.2. The number of nitrogens with one attached hydrogen (secondary N) is 1. The van der Waals surface area contributed by atoms with E-state index in [9.17, 15) is 26.7 Å². The number of anilines is 1. The van der Waals surface area contributed by atoms with Gasteiger partial charge in [-0.05, 0) is 37.1 Å². The van der Waals surface area contributed by atoms with Crippen molar-refractivity contribution in [3.8, 4) is 0 Å². The Hall–Kier alpha value is -2.96. The summed E-state index contributed by atoms with van der Waals surface area (Å²) in [4.78, 5) is 23.8. The molecule has 0 aliphatic carbocycles. The van der Waals surface area contributed by atoms with Gasteiger partial charge in [-0.3, -0.25) is 9.10 Å². The van der Waals surface area contributed by atoms with Gasteiger partial charge < -0.3 is 11.1 Å². The minimum Gasteiger partial charge on any atom is -0.369 e. The summed E-state index contributed by atoms with van der Waals surface area (Å²) < 4.78 is 67.8. The first-order valence-electron chi connectivity index (χ1n) is 8.34. The van der Waals surface area contributed by atoms with Crippen molar-refractivity contribution in [1.82, 2.24) is 14.3 Å². The number of nitrogens with two attached hydrogens (primary N) is 1. The van der Waals surface area contributed by atoms with Gasteiger partial charge in [0.15, 0.2) is 11.5 Å². The van der Waals surface area contributed by atoms with Gasteiger partial charge in [-0.15, -0.1) is 0 Å². The number of halogens is 5. The second-order valence-electron chi connectivity index (χ2n) is 6.55. The minimum atomic E-state index is -4.81. The second kappa shape index (κ2) is 7.70. The summed E-state index contributed by atoms with van der Waals surface area (Å²) in [5.41, 5.74) is 2.37. The van der Waals surface area contributed by atoms with E-state index in [2.05, 4.69) is 20.3 Å². The fraction of sp³-hybridized carbons (Fsp3) is 0.294. The molecule has 2 aromatic rings. The number of aromatic nitrogens is 2. The molecule has 1 atom stereocenters. The number of amides is 1.